The maximum Gasteiger partial charge on any atom is 0.338 e. The standard InChI is InChI=1S/C19H18N6O4/c1-12(18(27)22-16-8-6-15(7-9-16)21-13(2)26)29-19(28)14-4-3-5-17(10-14)25-11-20-23-24-25/h3-12H,1-2H3,(H,21,26)(H,22,27). The van der Waals surface area contributed by atoms with Gasteiger partial charge in [-0.2, -0.15) is 0 Å². The van der Waals surface area contributed by atoms with Gasteiger partial charge < -0.3 is 15.4 Å². The number of carbonyl (C=O) groups excluding carboxylic acids is 3. The van der Waals surface area contributed by atoms with E-state index in [-0.39, 0.29) is 11.5 Å². The summed E-state index contributed by atoms with van der Waals surface area (Å²) in [4.78, 5) is 35.7. The molecule has 2 N–H and O–H groups in total. The van der Waals surface area contributed by atoms with E-state index < -0.39 is 18.0 Å². The molecule has 3 aromatic rings. The molecule has 0 aliphatic rings. The number of benzene rings is 2. The van der Waals surface area contributed by atoms with Crippen LogP contribution in [0.4, 0.5) is 11.4 Å². The fourth-order valence-electron chi connectivity index (χ4n) is 2.42. The van der Waals surface area contributed by atoms with E-state index in [9.17, 15) is 14.4 Å². The van der Waals surface area contributed by atoms with Gasteiger partial charge in [0, 0.05) is 18.3 Å². The summed E-state index contributed by atoms with van der Waals surface area (Å²) < 4.78 is 6.65. The molecule has 0 saturated heterocycles. The van der Waals surface area contributed by atoms with E-state index in [0.29, 0.717) is 17.1 Å². The van der Waals surface area contributed by atoms with Gasteiger partial charge in [0.2, 0.25) is 5.91 Å². The Bertz CT molecular complexity index is 1020. The summed E-state index contributed by atoms with van der Waals surface area (Å²) in [6.07, 6.45) is 0.381. The van der Waals surface area contributed by atoms with Crippen molar-refractivity contribution in [2.75, 3.05) is 10.6 Å². The van der Waals surface area contributed by atoms with Gasteiger partial charge in [-0.15, -0.1) is 5.10 Å². The Morgan fingerprint density at radius 2 is 1.72 bits per heavy atom. The van der Waals surface area contributed by atoms with Crippen LogP contribution in [-0.4, -0.2) is 44.1 Å². The number of rotatable bonds is 6. The minimum Gasteiger partial charge on any atom is -0.449 e. The zero-order chi connectivity index (χ0) is 20.8. The van der Waals surface area contributed by atoms with Crippen molar-refractivity contribution in [2.45, 2.75) is 20.0 Å². The molecule has 0 fully saturated rings. The number of carbonyl (C=O) groups is 3. The number of aromatic nitrogens is 4. The van der Waals surface area contributed by atoms with Crippen molar-refractivity contribution in [3.05, 3.63) is 60.4 Å². The number of tetrazole rings is 1. The van der Waals surface area contributed by atoms with Crippen molar-refractivity contribution in [1.82, 2.24) is 20.2 Å². The van der Waals surface area contributed by atoms with Crippen LogP contribution in [0.25, 0.3) is 5.69 Å². The van der Waals surface area contributed by atoms with Gasteiger partial charge >= 0.3 is 5.97 Å². The third-order valence-electron chi connectivity index (χ3n) is 3.82. The van der Waals surface area contributed by atoms with Crippen LogP contribution in [0.5, 0.6) is 0 Å². The number of amides is 2. The summed E-state index contributed by atoms with van der Waals surface area (Å²) in [5.74, 6) is -1.32. The maximum atomic E-state index is 12.4. The predicted molar refractivity (Wildman–Crippen MR) is 103 cm³/mol. The molecule has 29 heavy (non-hydrogen) atoms. The molecule has 0 aliphatic carbocycles. The first-order chi connectivity index (χ1) is 13.9. The van der Waals surface area contributed by atoms with Crippen molar-refractivity contribution in [3.63, 3.8) is 0 Å². The highest BCUT2D eigenvalue weighted by atomic mass is 16.5. The summed E-state index contributed by atoms with van der Waals surface area (Å²) in [5.41, 5.74) is 1.96. The van der Waals surface area contributed by atoms with E-state index >= 15 is 0 Å². The van der Waals surface area contributed by atoms with Gasteiger partial charge in [0.15, 0.2) is 6.10 Å². The van der Waals surface area contributed by atoms with Crippen molar-refractivity contribution in [3.8, 4) is 5.69 Å². The average Bonchev–Trinajstić information content (AvgIpc) is 3.24. The van der Waals surface area contributed by atoms with Gasteiger partial charge in [-0.05, 0) is 59.8 Å². The van der Waals surface area contributed by atoms with Gasteiger partial charge in [-0.3, -0.25) is 9.59 Å². The van der Waals surface area contributed by atoms with E-state index in [2.05, 4.69) is 26.2 Å². The van der Waals surface area contributed by atoms with E-state index in [0.717, 1.165) is 0 Å². The summed E-state index contributed by atoms with van der Waals surface area (Å²) in [5, 5.41) is 16.1. The van der Waals surface area contributed by atoms with Crippen molar-refractivity contribution >= 4 is 29.2 Å². The smallest absolute Gasteiger partial charge is 0.338 e. The van der Waals surface area contributed by atoms with Gasteiger partial charge in [0.25, 0.3) is 5.91 Å². The predicted octanol–water partition coefficient (Wildman–Crippen LogP) is 1.80. The summed E-state index contributed by atoms with van der Waals surface area (Å²) in [6, 6.07) is 13.1. The van der Waals surface area contributed by atoms with Gasteiger partial charge in [0.1, 0.15) is 6.33 Å². The SMILES string of the molecule is CC(=O)Nc1ccc(NC(=O)C(C)OC(=O)c2cccc(-n3cnnn3)c2)cc1. The molecule has 1 atom stereocenters. The van der Waals surface area contributed by atoms with Gasteiger partial charge in [0.05, 0.1) is 11.3 Å². The number of esters is 1. The molecular weight excluding hydrogens is 376 g/mol. The third-order valence-corrected chi connectivity index (χ3v) is 3.82. The minimum atomic E-state index is -1.02. The monoisotopic (exact) mass is 394 g/mol. The lowest BCUT2D eigenvalue weighted by Gasteiger charge is -2.14. The van der Waals surface area contributed by atoms with Crippen LogP contribution >= 0.6 is 0 Å². The zero-order valence-electron chi connectivity index (χ0n) is 15.7. The number of nitrogens with one attached hydrogen (secondary N) is 2. The Hall–Kier alpha value is -4.08. The summed E-state index contributed by atoms with van der Waals surface area (Å²) in [7, 11) is 0. The molecule has 10 nitrogen and oxygen atoms in total. The van der Waals surface area contributed by atoms with Crippen LogP contribution in [0.2, 0.25) is 0 Å². The maximum absolute atomic E-state index is 12.4. The molecule has 2 amide bonds. The molecule has 2 aromatic carbocycles. The molecule has 148 valence electrons. The lowest BCUT2D eigenvalue weighted by Crippen LogP contribution is -2.30. The molecule has 0 radical (unpaired) electrons. The normalized spacial score (nSPS) is 11.4. The fourth-order valence-corrected chi connectivity index (χ4v) is 2.42. The molecule has 1 aromatic heterocycles. The van der Waals surface area contributed by atoms with Gasteiger partial charge in [-0.1, -0.05) is 6.07 Å². The highest BCUT2D eigenvalue weighted by Gasteiger charge is 2.19. The molecule has 0 spiro atoms. The summed E-state index contributed by atoms with van der Waals surface area (Å²) >= 11 is 0. The first kappa shape index (κ1) is 19.7. The number of hydrogen-bond donors (Lipinski definition) is 2. The first-order valence-corrected chi connectivity index (χ1v) is 8.65. The molecule has 1 unspecified atom stereocenters. The topological polar surface area (TPSA) is 128 Å². The van der Waals surface area contributed by atoms with E-state index in [1.165, 1.54) is 24.9 Å². The van der Waals surface area contributed by atoms with E-state index in [1.54, 1.807) is 48.5 Å². The largest absolute Gasteiger partial charge is 0.449 e. The third kappa shape index (κ3) is 5.22. The van der Waals surface area contributed by atoms with Crippen LogP contribution in [0.3, 0.4) is 0 Å². The number of anilines is 2. The quantitative estimate of drug-likeness (QED) is 0.610. The second-order valence-corrected chi connectivity index (χ2v) is 6.10. The molecular formula is C19H18N6O4. The lowest BCUT2D eigenvalue weighted by atomic mass is 10.2. The Balaban J connectivity index is 1.60. The molecule has 1 heterocycles. The van der Waals surface area contributed by atoms with Crippen molar-refractivity contribution in [1.29, 1.82) is 0 Å². The lowest BCUT2D eigenvalue weighted by molar-refractivity contribution is -0.123. The molecule has 0 saturated carbocycles. The summed E-state index contributed by atoms with van der Waals surface area (Å²) in [6.45, 7) is 2.88. The fraction of sp³-hybridized carbons (Fsp3) is 0.158. The Labute approximate surface area is 165 Å². The Morgan fingerprint density at radius 1 is 1.03 bits per heavy atom. The number of nitrogens with zero attached hydrogens (tertiary/aromatic N) is 4. The second kappa shape index (κ2) is 8.74. The molecule has 0 aliphatic heterocycles. The van der Waals surface area contributed by atoms with Crippen LogP contribution in [0.15, 0.2) is 54.9 Å². The number of ether oxygens (including phenoxy) is 1. The van der Waals surface area contributed by atoms with E-state index in [4.69, 9.17) is 4.74 Å². The average molecular weight is 394 g/mol. The van der Waals surface area contributed by atoms with Gasteiger partial charge in [-0.25, -0.2) is 9.48 Å². The molecule has 10 heteroatoms. The highest BCUT2D eigenvalue weighted by molar-refractivity contribution is 5.97. The van der Waals surface area contributed by atoms with Crippen LogP contribution in [-0.2, 0) is 14.3 Å². The molecule has 3 rings (SSSR count). The minimum absolute atomic E-state index is 0.188. The Kier molecular flexibility index (Phi) is 5.93. The zero-order valence-corrected chi connectivity index (χ0v) is 15.7. The second-order valence-electron chi connectivity index (χ2n) is 6.10. The van der Waals surface area contributed by atoms with Crippen LogP contribution < -0.4 is 10.6 Å². The Morgan fingerprint density at radius 3 is 2.34 bits per heavy atom. The first-order valence-electron chi connectivity index (χ1n) is 8.65. The van der Waals surface area contributed by atoms with Crippen LogP contribution in [0.1, 0.15) is 24.2 Å². The highest BCUT2D eigenvalue weighted by Crippen LogP contribution is 2.15. The number of hydrogen-bond acceptors (Lipinski definition) is 7. The van der Waals surface area contributed by atoms with Crippen molar-refractivity contribution < 1.29 is 19.1 Å². The van der Waals surface area contributed by atoms with Crippen LogP contribution in [0, 0.1) is 0 Å². The molecule has 0 bridgehead atoms. The van der Waals surface area contributed by atoms with E-state index in [1.807, 2.05) is 0 Å². The van der Waals surface area contributed by atoms with Crippen molar-refractivity contribution in [2.24, 2.45) is 0 Å².